The standard InChI is InChI=1S/C13H14BrNOS/c1-9(10-2-4-11(16)5-3-10)15-8-12-6-7-13(14)17-12/h2-7,9,15-16H,8H2,1H3. The molecule has 0 fully saturated rings. The Morgan fingerprint density at radius 1 is 1.24 bits per heavy atom. The Hall–Kier alpha value is -0.840. The maximum atomic E-state index is 9.23. The Kier molecular flexibility index (Phi) is 4.20. The molecule has 90 valence electrons. The van der Waals surface area contributed by atoms with E-state index in [1.165, 1.54) is 10.4 Å². The second-order valence-corrected chi connectivity index (χ2v) is 6.45. The van der Waals surface area contributed by atoms with Gasteiger partial charge in [0.05, 0.1) is 3.79 Å². The zero-order chi connectivity index (χ0) is 12.3. The fourth-order valence-corrected chi connectivity index (χ4v) is 3.02. The quantitative estimate of drug-likeness (QED) is 0.892. The highest BCUT2D eigenvalue weighted by atomic mass is 79.9. The van der Waals surface area contributed by atoms with Gasteiger partial charge in [0.2, 0.25) is 0 Å². The maximum absolute atomic E-state index is 9.23. The molecule has 4 heteroatoms. The predicted octanol–water partition coefficient (Wildman–Crippen LogP) is 4.07. The van der Waals surface area contributed by atoms with Crippen LogP contribution in [0, 0.1) is 0 Å². The lowest BCUT2D eigenvalue weighted by Gasteiger charge is -2.13. The van der Waals surface area contributed by atoms with Crippen LogP contribution in [0.5, 0.6) is 5.75 Å². The largest absolute Gasteiger partial charge is 0.508 e. The van der Waals surface area contributed by atoms with Crippen LogP contribution in [-0.2, 0) is 6.54 Å². The summed E-state index contributed by atoms with van der Waals surface area (Å²) in [6.45, 7) is 2.98. The van der Waals surface area contributed by atoms with Crippen molar-refractivity contribution in [1.82, 2.24) is 5.32 Å². The lowest BCUT2D eigenvalue weighted by atomic mass is 10.1. The summed E-state index contributed by atoms with van der Waals surface area (Å²) in [5, 5.41) is 12.7. The maximum Gasteiger partial charge on any atom is 0.115 e. The molecule has 1 aromatic heterocycles. The van der Waals surface area contributed by atoms with Gasteiger partial charge in [0.1, 0.15) is 5.75 Å². The SMILES string of the molecule is CC(NCc1ccc(Br)s1)c1ccc(O)cc1. The zero-order valence-corrected chi connectivity index (χ0v) is 11.9. The lowest BCUT2D eigenvalue weighted by Crippen LogP contribution is -2.17. The van der Waals surface area contributed by atoms with Crippen molar-refractivity contribution in [2.45, 2.75) is 19.5 Å². The molecule has 1 unspecified atom stereocenters. The molecule has 0 amide bonds. The van der Waals surface area contributed by atoms with E-state index < -0.39 is 0 Å². The van der Waals surface area contributed by atoms with E-state index >= 15 is 0 Å². The van der Waals surface area contributed by atoms with E-state index in [1.54, 1.807) is 23.5 Å². The van der Waals surface area contributed by atoms with Crippen LogP contribution >= 0.6 is 27.3 Å². The molecular formula is C13H14BrNOS. The van der Waals surface area contributed by atoms with Crippen molar-refractivity contribution in [1.29, 1.82) is 0 Å². The van der Waals surface area contributed by atoms with Crippen molar-refractivity contribution >= 4 is 27.3 Å². The van der Waals surface area contributed by atoms with Crippen LogP contribution in [0.2, 0.25) is 0 Å². The summed E-state index contributed by atoms with van der Waals surface area (Å²) in [6.07, 6.45) is 0. The van der Waals surface area contributed by atoms with Crippen molar-refractivity contribution < 1.29 is 5.11 Å². The number of aromatic hydroxyl groups is 1. The van der Waals surface area contributed by atoms with E-state index in [9.17, 15) is 5.11 Å². The number of halogens is 1. The molecule has 2 nitrogen and oxygen atoms in total. The number of rotatable bonds is 4. The Morgan fingerprint density at radius 2 is 1.94 bits per heavy atom. The van der Waals surface area contributed by atoms with Gasteiger partial charge in [-0.3, -0.25) is 0 Å². The minimum absolute atomic E-state index is 0.275. The first-order chi connectivity index (χ1) is 8.15. The highest BCUT2D eigenvalue weighted by Crippen LogP contribution is 2.23. The summed E-state index contributed by atoms with van der Waals surface area (Å²) < 4.78 is 1.16. The summed E-state index contributed by atoms with van der Waals surface area (Å²) in [7, 11) is 0. The third kappa shape index (κ3) is 3.56. The molecule has 0 radical (unpaired) electrons. The third-order valence-corrected chi connectivity index (χ3v) is 4.23. The van der Waals surface area contributed by atoms with E-state index in [0.29, 0.717) is 5.75 Å². The number of hydrogen-bond acceptors (Lipinski definition) is 3. The molecule has 0 aliphatic carbocycles. The van der Waals surface area contributed by atoms with Crippen LogP contribution in [0.3, 0.4) is 0 Å². The van der Waals surface area contributed by atoms with E-state index in [4.69, 9.17) is 0 Å². The van der Waals surface area contributed by atoms with Crippen molar-refractivity contribution in [3.05, 3.63) is 50.6 Å². The molecule has 0 aliphatic rings. The normalized spacial score (nSPS) is 12.6. The number of thiophene rings is 1. The second-order valence-electron chi connectivity index (χ2n) is 3.90. The molecule has 0 spiro atoms. The highest BCUT2D eigenvalue weighted by molar-refractivity contribution is 9.11. The molecule has 1 heterocycles. The molecule has 2 aromatic rings. The third-order valence-electron chi connectivity index (χ3n) is 2.60. The average molecular weight is 312 g/mol. The van der Waals surface area contributed by atoms with Crippen LogP contribution < -0.4 is 5.32 Å². The Bertz CT molecular complexity index is 480. The summed E-state index contributed by atoms with van der Waals surface area (Å²) in [5.74, 6) is 0.308. The van der Waals surface area contributed by atoms with E-state index in [2.05, 4.69) is 40.3 Å². The van der Waals surface area contributed by atoms with Crippen molar-refractivity contribution in [3.8, 4) is 5.75 Å². The summed E-state index contributed by atoms with van der Waals surface area (Å²) in [5.41, 5.74) is 1.18. The first-order valence-electron chi connectivity index (χ1n) is 5.41. The Labute approximate surface area is 113 Å². The topological polar surface area (TPSA) is 32.3 Å². The Morgan fingerprint density at radius 3 is 2.53 bits per heavy atom. The molecule has 1 atom stereocenters. The number of benzene rings is 1. The monoisotopic (exact) mass is 311 g/mol. The van der Waals surface area contributed by atoms with Gasteiger partial charge < -0.3 is 10.4 Å². The van der Waals surface area contributed by atoms with Gasteiger partial charge in [-0.1, -0.05) is 12.1 Å². The molecule has 2 N–H and O–H groups in total. The number of phenolic OH excluding ortho intramolecular Hbond substituents is 1. The van der Waals surface area contributed by atoms with Crippen molar-refractivity contribution in [2.24, 2.45) is 0 Å². The fourth-order valence-electron chi connectivity index (χ4n) is 1.58. The van der Waals surface area contributed by atoms with E-state index in [0.717, 1.165) is 10.3 Å². The van der Waals surface area contributed by atoms with E-state index in [1.807, 2.05) is 12.1 Å². The molecule has 2 rings (SSSR count). The fraction of sp³-hybridized carbons (Fsp3) is 0.231. The molecular weight excluding hydrogens is 298 g/mol. The number of hydrogen-bond donors (Lipinski definition) is 2. The molecule has 0 saturated heterocycles. The van der Waals surface area contributed by atoms with Crippen molar-refractivity contribution in [2.75, 3.05) is 0 Å². The molecule has 1 aromatic carbocycles. The van der Waals surface area contributed by atoms with Gasteiger partial charge in [-0.2, -0.15) is 0 Å². The molecule has 0 aliphatic heterocycles. The van der Waals surface area contributed by atoms with Crippen LogP contribution in [0.25, 0.3) is 0 Å². The van der Waals surface area contributed by atoms with Gasteiger partial charge in [-0.25, -0.2) is 0 Å². The van der Waals surface area contributed by atoms with Crippen LogP contribution in [0.1, 0.15) is 23.4 Å². The summed E-state index contributed by atoms with van der Waals surface area (Å²) in [4.78, 5) is 1.31. The first-order valence-corrected chi connectivity index (χ1v) is 7.02. The zero-order valence-electron chi connectivity index (χ0n) is 9.48. The average Bonchev–Trinajstić information content (AvgIpc) is 2.73. The lowest BCUT2D eigenvalue weighted by molar-refractivity contribution is 0.474. The number of phenols is 1. The predicted molar refractivity (Wildman–Crippen MR) is 75.4 cm³/mol. The van der Waals surface area contributed by atoms with E-state index in [-0.39, 0.29) is 6.04 Å². The second kappa shape index (κ2) is 5.67. The van der Waals surface area contributed by atoms with Crippen LogP contribution in [0.15, 0.2) is 40.2 Å². The molecule has 0 saturated carbocycles. The van der Waals surface area contributed by atoms with Crippen LogP contribution in [0.4, 0.5) is 0 Å². The van der Waals surface area contributed by atoms with Gasteiger partial charge in [0.15, 0.2) is 0 Å². The minimum Gasteiger partial charge on any atom is -0.508 e. The Balaban J connectivity index is 1.93. The summed E-state index contributed by atoms with van der Waals surface area (Å²) in [6, 6.07) is 11.8. The van der Waals surface area contributed by atoms with Crippen molar-refractivity contribution in [3.63, 3.8) is 0 Å². The molecule has 17 heavy (non-hydrogen) atoms. The summed E-state index contributed by atoms with van der Waals surface area (Å²) >= 11 is 5.20. The van der Waals surface area contributed by atoms with Crippen LogP contribution in [-0.4, -0.2) is 5.11 Å². The van der Waals surface area contributed by atoms with Gasteiger partial charge in [-0.15, -0.1) is 11.3 Å². The number of nitrogens with one attached hydrogen (secondary N) is 1. The smallest absolute Gasteiger partial charge is 0.115 e. The minimum atomic E-state index is 0.275. The van der Waals surface area contributed by atoms with Gasteiger partial charge in [-0.05, 0) is 52.7 Å². The first kappa shape index (κ1) is 12.6. The highest BCUT2D eigenvalue weighted by Gasteiger charge is 2.05. The van der Waals surface area contributed by atoms with Gasteiger partial charge in [0, 0.05) is 17.5 Å². The molecule has 0 bridgehead atoms. The van der Waals surface area contributed by atoms with Gasteiger partial charge in [0.25, 0.3) is 0 Å². The van der Waals surface area contributed by atoms with Gasteiger partial charge >= 0.3 is 0 Å².